The zero-order chi connectivity index (χ0) is 14.3. The minimum atomic E-state index is -4.36. The number of hydrogen-bond donors (Lipinski definition) is 2. The molecule has 0 aliphatic carbocycles. The Morgan fingerprint density at radius 2 is 2.00 bits per heavy atom. The van der Waals surface area contributed by atoms with Crippen LogP contribution in [0.1, 0.15) is 5.56 Å². The van der Waals surface area contributed by atoms with E-state index >= 15 is 0 Å². The first kappa shape index (κ1) is 15.3. The van der Waals surface area contributed by atoms with Crippen LogP contribution in [-0.2, 0) is 16.0 Å². The molecule has 0 saturated heterocycles. The van der Waals surface area contributed by atoms with Gasteiger partial charge in [-0.25, -0.2) is 0 Å². The lowest BCUT2D eigenvalue weighted by Gasteiger charge is -2.09. The minimum absolute atomic E-state index is 0.00553. The van der Waals surface area contributed by atoms with E-state index in [0.717, 1.165) is 0 Å². The highest BCUT2D eigenvalue weighted by Crippen LogP contribution is 2.16. The predicted molar refractivity (Wildman–Crippen MR) is 61.7 cm³/mol. The first-order valence-electron chi connectivity index (χ1n) is 5.56. The van der Waals surface area contributed by atoms with E-state index in [9.17, 15) is 23.1 Å². The number of halogens is 3. The van der Waals surface area contributed by atoms with Crippen molar-refractivity contribution in [2.24, 2.45) is 0 Å². The van der Waals surface area contributed by atoms with Crippen LogP contribution < -0.4 is 5.32 Å². The number of phenolic OH excluding ortho intramolecular Hbond substituents is 1. The van der Waals surface area contributed by atoms with Crippen LogP contribution in [-0.4, -0.2) is 36.9 Å². The third-order valence-electron chi connectivity index (χ3n) is 2.18. The smallest absolute Gasteiger partial charge is 0.411 e. The number of hydrogen-bond acceptors (Lipinski definition) is 3. The molecule has 0 aromatic heterocycles. The van der Waals surface area contributed by atoms with Crippen LogP contribution in [0.15, 0.2) is 24.3 Å². The SMILES string of the molecule is O=C(Cc1ccccc1O)NCCOCC(F)(F)F. The Hall–Kier alpha value is -1.76. The summed E-state index contributed by atoms with van der Waals surface area (Å²) in [5, 5.41) is 11.8. The average molecular weight is 277 g/mol. The molecule has 19 heavy (non-hydrogen) atoms. The van der Waals surface area contributed by atoms with E-state index in [0.29, 0.717) is 5.56 Å². The largest absolute Gasteiger partial charge is 0.508 e. The molecule has 7 heteroatoms. The van der Waals surface area contributed by atoms with Gasteiger partial charge in [-0.1, -0.05) is 18.2 Å². The minimum Gasteiger partial charge on any atom is -0.508 e. The van der Waals surface area contributed by atoms with Gasteiger partial charge in [0.1, 0.15) is 12.4 Å². The zero-order valence-corrected chi connectivity index (χ0v) is 10.0. The Labute approximate surface area is 108 Å². The maximum atomic E-state index is 11.7. The van der Waals surface area contributed by atoms with Gasteiger partial charge in [0, 0.05) is 12.1 Å². The highest BCUT2D eigenvalue weighted by molar-refractivity contribution is 5.79. The van der Waals surface area contributed by atoms with E-state index < -0.39 is 18.7 Å². The number of carbonyl (C=O) groups is 1. The third-order valence-corrected chi connectivity index (χ3v) is 2.18. The number of amides is 1. The molecule has 0 aliphatic heterocycles. The quantitative estimate of drug-likeness (QED) is 0.777. The lowest BCUT2D eigenvalue weighted by molar-refractivity contribution is -0.173. The number of carbonyl (C=O) groups excluding carboxylic acids is 1. The highest BCUT2D eigenvalue weighted by atomic mass is 19.4. The normalized spacial score (nSPS) is 11.3. The lowest BCUT2D eigenvalue weighted by Crippen LogP contribution is -2.30. The van der Waals surface area contributed by atoms with E-state index in [1.165, 1.54) is 6.07 Å². The Morgan fingerprint density at radius 3 is 2.63 bits per heavy atom. The summed E-state index contributed by atoms with van der Waals surface area (Å²) in [6.45, 7) is -1.56. The van der Waals surface area contributed by atoms with Crippen molar-refractivity contribution in [3.63, 3.8) is 0 Å². The Balaban J connectivity index is 2.20. The molecule has 1 amide bonds. The summed E-state index contributed by atoms with van der Waals surface area (Å²) in [6.07, 6.45) is -4.40. The fraction of sp³-hybridized carbons (Fsp3) is 0.417. The molecule has 1 aromatic carbocycles. The lowest BCUT2D eigenvalue weighted by atomic mass is 10.1. The van der Waals surface area contributed by atoms with Gasteiger partial charge in [0.15, 0.2) is 0 Å². The molecule has 0 atom stereocenters. The summed E-state index contributed by atoms with van der Waals surface area (Å²) in [4.78, 5) is 11.4. The van der Waals surface area contributed by atoms with Gasteiger partial charge in [-0.2, -0.15) is 13.2 Å². The van der Waals surface area contributed by atoms with Gasteiger partial charge in [-0.05, 0) is 6.07 Å². The summed E-state index contributed by atoms with van der Waals surface area (Å²) in [5.74, 6) is -0.386. The Morgan fingerprint density at radius 1 is 1.32 bits per heavy atom. The van der Waals surface area contributed by atoms with Crippen molar-refractivity contribution >= 4 is 5.91 Å². The van der Waals surface area contributed by atoms with Crippen LogP contribution in [0.25, 0.3) is 0 Å². The topological polar surface area (TPSA) is 58.6 Å². The van der Waals surface area contributed by atoms with Gasteiger partial charge >= 0.3 is 6.18 Å². The molecule has 1 rings (SSSR count). The van der Waals surface area contributed by atoms with Crippen LogP contribution in [0.3, 0.4) is 0 Å². The van der Waals surface area contributed by atoms with E-state index in [2.05, 4.69) is 10.1 Å². The third kappa shape index (κ3) is 6.66. The number of phenols is 1. The van der Waals surface area contributed by atoms with Crippen molar-refractivity contribution < 1.29 is 27.8 Å². The van der Waals surface area contributed by atoms with Crippen molar-refractivity contribution in [2.45, 2.75) is 12.6 Å². The van der Waals surface area contributed by atoms with Crippen molar-refractivity contribution in [1.29, 1.82) is 0 Å². The van der Waals surface area contributed by atoms with E-state index in [1.54, 1.807) is 18.2 Å². The zero-order valence-electron chi connectivity index (χ0n) is 10.0. The van der Waals surface area contributed by atoms with Crippen LogP contribution in [0.4, 0.5) is 13.2 Å². The monoisotopic (exact) mass is 277 g/mol. The van der Waals surface area contributed by atoms with Crippen LogP contribution in [0.2, 0.25) is 0 Å². The van der Waals surface area contributed by atoms with Gasteiger partial charge in [0.05, 0.1) is 13.0 Å². The Kier molecular flexibility index (Phi) is 5.62. The molecule has 0 heterocycles. The predicted octanol–water partition coefficient (Wildman–Crippen LogP) is 1.63. The fourth-order valence-electron chi connectivity index (χ4n) is 1.35. The van der Waals surface area contributed by atoms with E-state index in [-0.39, 0.29) is 25.3 Å². The van der Waals surface area contributed by atoms with Crippen LogP contribution >= 0.6 is 0 Å². The maximum Gasteiger partial charge on any atom is 0.411 e. The summed E-state index contributed by atoms with van der Waals surface area (Å²) >= 11 is 0. The number of para-hydroxylation sites is 1. The second-order valence-corrected chi connectivity index (χ2v) is 3.82. The van der Waals surface area contributed by atoms with Gasteiger partial charge in [-0.3, -0.25) is 4.79 Å². The second kappa shape index (κ2) is 6.98. The molecule has 0 fully saturated rings. The van der Waals surface area contributed by atoms with Gasteiger partial charge in [0.2, 0.25) is 5.91 Å². The van der Waals surface area contributed by atoms with Crippen molar-refractivity contribution in [2.75, 3.05) is 19.8 Å². The molecule has 1 aromatic rings. The first-order valence-corrected chi connectivity index (χ1v) is 5.56. The van der Waals surface area contributed by atoms with Crippen LogP contribution in [0, 0.1) is 0 Å². The fourth-order valence-corrected chi connectivity index (χ4v) is 1.35. The Bertz CT molecular complexity index is 421. The molecule has 0 aliphatic rings. The number of benzene rings is 1. The van der Waals surface area contributed by atoms with Crippen molar-refractivity contribution in [3.8, 4) is 5.75 Å². The number of nitrogens with one attached hydrogen (secondary N) is 1. The number of rotatable bonds is 6. The maximum absolute atomic E-state index is 11.7. The number of aromatic hydroxyl groups is 1. The molecule has 0 saturated carbocycles. The van der Waals surface area contributed by atoms with Crippen molar-refractivity contribution in [1.82, 2.24) is 5.32 Å². The molecule has 2 N–H and O–H groups in total. The van der Waals surface area contributed by atoms with Crippen LogP contribution in [0.5, 0.6) is 5.75 Å². The molecule has 106 valence electrons. The molecule has 0 unspecified atom stereocenters. The molecule has 4 nitrogen and oxygen atoms in total. The van der Waals surface area contributed by atoms with Gasteiger partial charge in [0.25, 0.3) is 0 Å². The first-order chi connectivity index (χ1) is 8.88. The summed E-state index contributed by atoms with van der Waals surface area (Å²) in [6, 6.07) is 6.35. The molecular weight excluding hydrogens is 263 g/mol. The summed E-state index contributed by atoms with van der Waals surface area (Å²) < 4.78 is 39.5. The van der Waals surface area contributed by atoms with E-state index in [1.807, 2.05) is 0 Å². The molecule has 0 spiro atoms. The highest BCUT2D eigenvalue weighted by Gasteiger charge is 2.27. The summed E-state index contributed by atoms with van der Waals surface area (Å²) in [7, 11) is 0. The second-order valence-electron chi connectivity index (χ2n) is 3.82. The number of alkyl halides is 3. The van der Waals surface area contributed by atoms with E-state index in [4.69, 9.17) is 0 Å². The van der Waals surface area contributed by atoms with Gasteiger partial charge in [-0.15, -0.1) is 0 Å². The van der Waals surface area contributed by atoms with Crippen molar-refractivity contribution in [3.05, 3.63) is 29.8 Å². The average Bonchev–Trinajstić information content (AvgIpc) is 2.30. The molecule has 0 bridgehead atoms. The standard InChI is InChI=1S/C12H14F3NO3/c13-12(14,15)8-19-6-5-16-11(18)7-9-3-1-2-4-10(9)17/h1-4,17H,5-8H2,(H,16,18). The molecule has 0 radical (unpaired) electrons. The number of ether oxygens (including phenoxy) is 1. The van der Waals surface area contributed by atoms with Gasteiger partial charge < -0.3 is 15.2 Å². The molecular formula is C12H14F3NO3. The summed E-state index contributed by atoms with van der Waals surface area (Å²) in [5.41, 5.74) is 0.455.